The molecule has 3 atom stereocenters. The van der Waals surface area contributed by atoms with E-state index in [-0.39, 0.29) is 30.2 Å². The minimum Gasteiger partial charge on any atom is -0.489 e. The number of benzene rings is 1. The molecule has 0 saturated heterocycles. The fourth-order valence-corrected chi connectivity index (χ4v) is 3.50. The van der Waals surface area contributed by atoms with Crippen LogP contribution in [0.4, 0.5) is 0 Å². The van der Waals surface area contributed by atoms with Crippen LogP contribution < -0.4 is 15.4 Å². The molecule has 0 saturated carbocycles. The highest BCUT2D eigenvalue weighted by Gasteiger charge is 2.32. The zero-order valence-electron chi connectivity index (χ0n) is 17.3. The summed E-state index contributed by atoms with van der Waals surface area (Å²) in [6.45, 7) is 10.6. The summed E-state index contributed by atoms with van der Waals surface area (Å²) in [5.41, 5.74) is 1.08. The van der Waals surface area contributed by atoms with Gasteiger partial charge in [-0.25, -0.2) is 0 Å². The topological polar surface area (TPSA) is 59.6 Å². The Morgan fingerprint density at radius 1 is 1.32 bits per heavy atom. The molecule has 1 aromatic carbocycles. The Hall–Kier alpha value is -2.11. The molecule has 0 unspecified atom stereocenters. The maximum absolute atomic E-state index is 11.8. The van der Waals surface area contributed by atoms with Gasteiger partial charge in [0.25, 0.3) is 0 Å². The standard InChI is InChI=1S/C23H34N2O3/c1-5-15-27-21-13-9-8-11-18(21)16-24-20-12-10-14-22(23(20)25-17(4)26)28-19(6-2)7-3/h5,8-11,13-14,19-20,22-24H,1,6-7,12,15-16H2,2-4H3,(H,25,26)/t20-,22+,23+/m0/s1. The van der Waals surface area contributed by atoms with Crippen molar-refractivity contribution in [3.05, 3.63) is 54.6 Å². The molecule has 0 fully saturated rings. The molecule has 0 spiro atoms. The predicted molar refractivity (Wildman–Crippen MR) is 113 cm³/mol. The summed E-state index contributed by atoms with van der Waals surface area (Å²) >= 11 is 0. The first-order valence-corrected chi connectivity index (χ1v) is 10.2. The van der Waals surface area contributed by atoms with Crippen molar-refractivity contribution < 1.29 is 14.3 Å². The van der Waals surface area contributed by atoms with Crippen molar-refractivity contribution in [2.24, 2.45) is 0 Å². The van der Waals surface area contributed by atoms with Gasteiger partial charge in [-0.2, -0.15) is 0 Å². The largest absolute Gasteiger partial charge is 0.489 e. The molecule has 2 N–H and O–H groups in total. The molecule has 154 valence electrons. The molecule has 0 aliphatic heterocycles. The average molecular weight is 387 g/mol. The third-order valence-corrected chi connectivity index (χ3v) is 5.02. The quantitative estimate of drug-likeness (QED) is 0.569. The van der Waals surface area contributed by atoms with E-state index in [0.717, 1.165) is 30.6 Å². The Bertz CT molecular complexity index is 655. The van der Waals surface area contributed by atoms with Crippen molar-refractivity contribution in [3.8, 4) is 5.75 Å². The number of rotatable bonds is 11. The smallest absolute Gasteiger partial charge is 0.217 e. The van der Waals surface area contributed by atoms with E-state index < -0.39 is 0 Å². The highest BCUT2D eigenvalue weighted by Crippen LogP contribution is 2.22. The molecule has 1 aromatic rings. The summed E-state index contributed by atoms with van der Waals surface area (Å²) < 4.78 is 12.0. The van der Waals surface area contributed by atoms with Crippen molar-refractivity contribution in [1.82, 2.24) is 10.6 Å². The number of hydrogen-bond donors (Lipinski definition) is 2. The van der Waals surface area contributed by atoms with Crippen LogP contribution in [-0.2, 0) is 16.1 Å². The number of hydrogen-bond acceptors (Lipinski definition) is 4. The van der Waals surface area contributed by atoms with E-state index in [1.54, 1.807) is 13.0 Å². The predicted octanol–water partition coefficient (Wildman–Crippen LogP) is 3.75. The molecule has 1 amide bonds. The van der Waals surface area contributed by atoms with Gasteiger partial charge in [0.1, 0.15) is 12.4 Å². The van der Waals surface area contributed by atoms with Gasteiger partial charge >= 0.3 is 0 Å². The second-order valence-corrected chi connectivity index (χ2v) is 7.12. The summed E-state index contributed by atoms with van der Waals surface area (Å²) in [6, 6.07) is 7.96. The maximum atomic E-state index is 11.8. The van der Waals surface area contributed by atoms with E-state index in [2.05, 4.69) is 49.3 Å². The van der Waals surface area contributed by atoms with Gasteiger partial charge in [0, 0.05) is 25.1 Å². The van der Waals surface area contributed by atoms with Gasteiger partial charge in [-0.3, -0.25) is 4.79 Å². The van der Waals surface area contributed by atoms with Crippen LogP contribution in [0.15, 0.2) is 49.1 Å². The number of amides is 1. The lowest BCUT2D eigenvalue weighted by atomic mass is 9.92. The van der Waals surface area contributed by atoms with Crippen molar-refractivity contribution in [2.45, 2.75) is 70.9 Å². The molecule has 0 heterocycles. The van der Waals surface area contributed by atoms with Crippen molar-refractivity contribution >= 4 is 5.91 Å². The molecular weight excluding hydrogens is 352 g/mol. The van der Waals surface area contributed by atoms with Crippen LogP contribution in [0.2, 0.25) is 0 Å². The molecule has 0 radical (unpaired) electrons. The van der Waals surface area contributed by atoms with Crippen molar-refractivity contribution in [1.29, 1.82) is 0 Å². The molecule has 0 aromatic heterocycles. The lowest BCUT2D eigenvalue weighted by Crippen LogP contribution is -2.57. The monoisotopic (exact) mass is 386 g/mol. The molecule has 28 heavy (non-hydrogen) atoms. The van der Waals surface area contributed by atoms with Gasteiger partial charge in [-0.15, -0.1) is 0 Å². The van der Waals surface area contributed by atoms with Crippen LogP contribution in [-0.4, -0.2) is 36.8 Å². The van der Waals surface area contributed by atoms with Crippen LogP contribution in [0.25, 0.3) is 0 Å². The fourth-order valence-electron chi connectivity index (χ4n) is 3.50. The molecule has 1 aliphatic rings. The van der Waals surface area contributed by atoms with E-state index in [4.69, 9.17) is 9.47 Å². The van der Waals surface area contributed by atoms with Crippen LogP contribution >= 0.6 is 0 Å². The van der Waals surface area contributed by atoms with Crippen LogP contribution in [0.3, 0.4) is 0 Å². The normalized spacial score (nSPS) is 21.5. The van der Waals surface area contributed by atoms with E-state index in [9.17, 15) is 4.79 Å². The van der Waals surface area contributed by atoms with Gasteiger partial charge in [-0.1, -0.05) is 56.9 Å². The minimum atomic E-state index is -0.132. The van der Waals surface area contributed by atoms with E-state index in [0.29, 0.717) is 13.2 Å². The molecule has 2 rings (SSSR count). The molecule has 5 heteroatoms. The number of carbonyl (C=O) groups is 1. The summed E-state index contributed by atoms with van der Waals surface area (Å²) in [6.07, 6.45) is 8.78. The average Bonchev–Trinajstić information content (AvgIpc) is 2.70. The summed E-state index contributed by atoms with van der Waals surface area (Å²) in [5.74, 6) is 0.808. The first-order chi connectivity index (χ1) is 13.6. The fraction of sp³-hybridized carbons (Fsp3) is 0.522. The van der Waals surface area contributed by atoms with E-state index >= 15 is 0 Å². The van der Waals surface area contributed by atoms with Crippen LogP contribution in [0.5, 0.6) is 5.75 Å². The third kappa shape index (κ3) is 6.50. The van der Waals surface area contributed by atoms with Gasteiger partial charge in [0.2, 0.25) is 5.91 Å². The highest BCUT2D eigenvalue weighted by molar-refractivity contribution is 5.73. The zero-order valence-corrected chi connectivity index (χ0v) is 17.3. The molecule has 0 bridgehead atoms. The number of nitrogens with one attached hydrogen (secondary N) is 2. The first kappa shape index (κ1) is 22.2. The Kier molecular flexibility index (Phi) is 9.24. The minimum absolute atomic E-state index is 0.0417. The highest BCUT2D eigenvalue weighted by atomic mass is 16.5. The number of para-hydroxylation sites is 1. The molecular formula is C23H34N2O3. The lowest BCUT2D eigenvalue weighted by molar-refractivity contribution is -0.121. The third-order valence-electron chi connectivity index (χ3n) is 5.02. The van der Waals surface area contributed by atoms with Crippen molar-refractivity contribution in [2.75, 3.05) is 6.61 Å². The van der Waals surface area contributed by atoms with E-state index in [1.165, 1.54) is 0 Å². The maximum Gasteiger partial charge on any atom is 0.217 e. The van der Waals surface area contributed by atoms with Crippen molar-refractivity contribution in [3.63, 3.8) is 0 Å². The number of ether oxygens (including phenoxy) is 2. The Labute approximate surface area is 169 Å². The number of carbonyl (C=O) groups excluding carboxylic acids is 1. The second kappa shape index (κ2) is 11.7. The van der Waals surface area contributed by atoms with Gasteiger partial charge in [-0.05, 0) is 25.3 Å². The Balaban J connectivity index is 2.09. The second-order valence-electron chi connectivity index (χ2n) is 7.12. The van der Waals surface area contributed by atoms with Gasteiger partial charge in [0.15, 0.2) is 0 Å². The van der Waals surface area contributed by atoms with Gasteiger partial charge in [0.05, 0.1) is 18.2 Å². The first-order valence-electron chi connectivity index (χ1n) is 10.2. The summed E-state index contributed by atoms with van der Waals surface area (Å²) in [7, 11) is 0. The summed E-state index contributed by atoms with van der Waals surface area (Å²) in [5, 5.41) is 6.70. The van der Waals surface area contributed by atoms with Gasteiger partial charge < -0.3 is 20.1 Å². The molecule has 1 aliphatic carbocycles. The summed E-state index contributed by atoms with van der Waals surface area (Å²) in [4.78, 5) is 11.8. The SMILES string of the molecule is C=CCOc1ccccc1CN[C@H]1CC=C[C@@H](OC(CC)CC)[C@@H]1NC(C)=O. The Morgan fingerprint density at radius 2 is 2.07 bits per heavy atom. The van der Waals surface area contributed by atoms with E-state index in [1.807, 2.05) is 18.2 Å². The van der Waals surface area contributed by atoms with Crippen LogP contribution in [0.1, 0.15) is 45.6 Å². The molecule has 5 nitrogen and oxygen atoms in total. The zero-order chi connectivity index (χ0) is 20.4. The lowest BCUT2D eigenvalue weighted by Gasteiger charge is -2.37. The van der Waals surface area contributed by atoms with Crippen LogP contribution in [0, 0.1) is 0 Å². The Morgan fingerprint density at radius 3 is 2.75 bits per heavy atom.